The van der Waals surface area contributed by atoms with Crippen molar-refractivity contribution in [1.82, 2.24) is 9.71 Å². The number of sulfonamides is 1. The van der Waals surface area contributed by atoms with Crippen LogP contribution in [0.5, 0.6) is 0 Å². The molecule has 0 aliphatic carbocycles. The molecule has 6 nitrogen and oxygen atoms in total. The summed E-state index contributed by atoms with van der Waals surface area (Å²) in [5.41, 5.74) is 4.42. The van der Waals surface area contributed by atoms with Crippen LogP contribution in [0.4, 0.5) is 0 Å². The Bertz CT molecular complexity index is 783. The van der Waals surface area contributed by atoms with Gasteiger partial charge in [0.05, 0.1) is 10.4 Å². The van der Waals surface area contributed by atoms with Crippen LogP contribution in [0.15, 0.2) is 41.6 Å². The summed E-state index contributed by atoms with van der Waals surface area (Å²) in [6.07, 6.45) is 3.54. The summed E-state index contributed by atoms with van der Waals surface area (Å²) in [5, 5.41) is 8.92. The van der Waals surface area contributed by atoms with E-state index in [0.717, 1.165) is 5.39 Å². The van der Waals surface area contributed by atoms with Crippen molar-refractivity contribution in [2.24, 2.45) is 5.73 Å². The van der Waals surface area contributed by atoms with Crippen molar-refractivity contribution in [3.05, 3.63) is 36.7 Å². The van der Waals surface area contributed by atoms with Gasteiger partial charge in [0.15, 0.2) is 0 Å². The smallest absolute Gasteiger partial charge is 0.242 e. The van der Waals surface area contributed by atoms with Crippen LogP contribution >= 0.6 is 0 Å². The van der Waals surface area contributed by atoms with Crippen molar-refractivity contribution in [3.8, 4) is 0 Å². The molecule has 21 heavy (non-hydrogen) atoms. The predicted molar refractivity (Wildman–Crippen MR) is 82.7 cm³/mol. The highest BCUT2D eigenvalue weighted by Gasteiger charge is 2.32. The average molecular weight is 306 g/mol. The molecule has 4 N–H and O–H groups in total. The fourth-order valence-electron chi connectivity index (χ4n) is 2.00. The number of fused-ring (bicyclic) bond motifs is 1. The van der Waals surface area contributed by atoms with E-state index in [9.17, 15) is 8.42 Å². The Kier molecular flexibility index (Phi) is 3.97. The van der Waals surface area contributed by atoms with Gasteiger partial charge in [-0.1, -0.05) is 19.1 Å². The van der Waals surface area contributed by atoms with Crippen molar-refractivity contribution in [3.63, 3.8) is 0 Å². The third-order valence-electron chi connectivity index (χ3n) is 3.59. The highest BCUT2D eigenvalue weighted by Crippen LogP contribution is 2.23. The Balaban J connectivity index is 2.55. The fourth-order valence-corrected chi connectivity index (χ4v) is 3.69. The van der Waals surface area contributed by atoms with E-state index in [1.54, 1.807) is 44.4 Å². The van der Waals surface area contributed by atoms with Crippen LogP contribution in [0.25, 0.3) is 10.8 Å². The molecule has 1 unspecified atom stereocenters. The lowest BCUT2D eigenvalue weighted by Gasteiger charge is -2.28. The maximum atomic E-state index is 12.6. The second-order valence-electron chi connectivity index (χ2n) is 5.06. The number of hydrogen-bond acceptors (Lipinski definition) is 4. The molecule has 0 spiro atoms. The number of benzene rings is 1. The molecule has 1 aromatic carbocycles. The van der Waals surface area contributed by atoms with E-state index < -0.39 is 15.6 Å². The molecule has 112 valence electrons. The zero-order valence-electron chi connectivity index (χ0n) is 11.9. The first kappa shape index (κ1) is 15.4. The summed E-state index contributed by atoms with van der Waals surface area (Å²) >= 11 is 0. The lowest BCUT2D eigenvalue weighted by Crippen LogP contribution is -2.54. The molecule has 0 aliphatic heterocycles. The van der Waals surface area contributed by atoms with Gasteiger partial charge in [0, 0.05) is 23.2 Å². The van der Waals surface area contributed by atoms with Crippen molar-refractivity contribution >= 4 is 26.6 Å². The van der Waals surface area contributed by atoms with E-state index in [-0.39, 0.29) is 10.7 Å². The number of aromatic nitrogens is 1. The normalized spacial score (nSPS) is 14.8. The molecular weight excluding hydrogens is 288 g/mol. The van der Waals surface area contributed by atoms with Crippen molar-refractivity contribution in [2.75, 3.05) is 0 Å². The molecule has 0 bridgehead atoms. The largest absolute Gasteiger partial charge is 0.386 e. The minimum atomic E-state index is -3.80. The quantitative estimate of drug-likeness (QED) is 0.576. The Hall–Kier alpha value is -1.99. The fraction of sp³-hybridized carbons (Fsp3) is 0.286. The van der Waals surface area contributed by atoms with Crippen molar-refractivity contribution in [1.29, 1.82) is 5.41 Å². The molecule has 7 heteroatoms. The summed E-state index contributed by atoms with van der Waals surface area (Å²) in [6, 6.07) is 6.64. The maximum Gasteiger partial charge on any atom is 0.242 e. The third-order valence-corrected chi connectivity index (χ3v) is 5.25. The van der Waals surface area contributed by atoms with Crippen LogP contribution in [0.2, 0.25) is 0 Å². The number of rotatable bonds is 5. The van der Waals surface area contributed by atoms with Gasteiger partial charge >= 0.3 is 0 Å². The van der Waals surface area contributed by atoms with Gasteiger partial charge in [0.25, 0.3) is 0 Å². The first-order chi connectivity index (χ1) is 9.80. The Labute approximate surface area is 123 Å². The lowest BCUT2D eigenvalue weighted by atomic mass is 10.00. The minimum Gasteiger partial charge on any atom is -0.386 e. The lowest BCUT2D eigenvalue weighted by molar-refractivity contribution is 0.506. The van der Waals surface area contributed by atoms with Gasteiger partial charge in [-0.3, -0.25) is 10.4 Å². The van der Waals surface area contributed by atoms with Crippen LogP contribution in [0.1, 0.15) is 20.3 Å². The summed E-state index contributed by atoms with van der Waals surface area (Å²) < 4.78 is 27.8. The van der Waals surface area contributed by atoms with Gasteiger partial charge < -0.3 is 5.73 Å². The standard InChI is InChI=1S/C14H18N4O2S/c1-3-14(2,13(15)16)18-21(19,20)12-6-4-5-10-9-17-8-7-11(10)12/h4-9,18H,3H2,1-2H3,(H3,15,16). The highest BCUT2D eigenvalue weighted by atomic mass is 32.2. The first-order valence-electron chi connectivity index (χ1n) is 6.51. The topological polar surface area (TPSA) is 109 Å². The molecule has 0 fully saturated rings. The van der Waals surface area contributed by atoms with Gasteiger partial charge in [-0.05, 0) is 25.5 Å². The summed E-state index contributed by atoms with van der Waals surface area (Å²) in [6.45, 7) is 3.37. The number of pyridine rings is 1. The van der Waals surface area contributed by atoms with Gasteiger partial charge in [-0.25, -0.2) is 8.42 Å². The molecule has 2 rings (SSSR count). The van der Waals surface area contributed by atoms with Gasteiger partial charge in [-0.2, -0.15) is 4.72 Å². The monoisotopic (exact) mass is 306 g/mol. The molecule has 2 aromatic rings. The van der Waals surface area contributed by atoms with Gasteiger partial charge in [0.2, 0.25) is 10.0 Å². The van der Waals surface area contributed by atoms with E-state index in [0.29, 0.717) is 11.8 Å². The zero-order chi connectivity index (χ0) is 15.7. The van der Waals surface area contributed by atoms with E-state index >= 15 is 0 Å². The summed E-state index contributed by atoms with van der Waals surface area (Å²) in [7, 11) is -3.80. The summed E-state index contributed by atoms with van der Waals surface area (Å²) in [4.78, 5) is 4.14. The van der Waals surface area contributed by atoms with E-state index in [1.165, 1.54) is 6.07 Å². The average Bonchev–Trinajstić information content (AvgIpc) is 2.45. The minimum absolute atomic E-state index is 0.156. The van der Waals surface area contributed by atoms with E-state index in [1.807, 2.05) is 0 Å². The zero-order valence-corrected chi connectivity index (χ0v) is 12.7. The number of hydrogen-bond donors (Lipinski definition) is 3. The Morgan fingerprint density at radius 3 is 2.76 bits per heavy atom. The highest BCUT2D eigenvalue weighted by molar-refractivity contribution is 7.89. The van der Waals surface area contributed by atoms with Crippen LogP contribution in [0, 0.1) is 5.41 Å². The number of nitrogens with one attached hydrogen (secondary N) is 2. The van der Waals surface area contributed by atoms with E-state index in [2.05, 4.69) is 9.71 Å². The third kappa shape index (κ3) is 2.88. The van der Waals surface area contributed by atoms with E-state index in [4.69, 9.17) is 11.1 Å². The van der Waals surface area contributed by atoms with Crippen LogP contribution in [-0.2, 0) is 10.0 Å². The van der Waals surface area contributed by atoms with Gasteiger partial charge in [-0.15, -0.1) is 0 Å². The molecule has 0 radical (unpaired) electrons. The van der Waals surface area contributed by atoms with Crippen LogP contribution < -0.4 is 10.5 Å². The molecular formula is C14H18N4O2S. The predicted octanol–water partition coefficient (Wildman–Crippen LogP) is 1.62. The van der Waals surface area contributed by atoms with Crippen LogP contribution in [-0.4, -0.2) is 24.8 Å². The van der Waals surface area contributed by atoms with Gasteiger partial charge in [0.1, 0.15) is 5.84 Å². The molecule has 1 heterocycles. The molecule has 0 saturated heterocycles. The maximum absolute atomic E-state index is 12.6. The van der Waals surface area contributed by atoms with Crippen molar-refractivity contribution in [2.45, 2.75) is 30.7 Å². The summed E-state index contributed by atoms with van der Waals surface area (Å²) in [5.74, 6) is -0.213. The second-order valence-corrected chi connectivity index (χ2v) is 6.71. The first-order valence-corrected chi connectivity index (χ1v) is 8.00. The molecule has 0 aliphatic rings. The number of nitrogens with two attached hydrogens (primary N) is 1. The second kappa shape index (κ2) is 5.42. The van der Waals surface area contributed by atoms with Crippen LogP contribution in [0.3, 0.4) is 0 Å². The van der Waals surface area contributed by atoms with Crippen molar-refractivity contribution < 1.29 is 8.42 Å². The SMILES string of the molecule is CCC(C)(NS(=O)(=O)c1cccc2cnccc12)C(=N)N. The molecule has 0 amide bonds. The Morgan fingerprint density at radius 2 is 2.14 bits per heavy atom. The number of amidine groups is 1. The molecule has 0 saturated carbocycles. The number of nitrogens with zero attached hydrogens (tertiary/aromatic N) is 1. The Morgan fingerprint density at radius 1 is 1.43 bits per heavy atom. The molecule has 1 aromatic heterocycles. The molecule has 1 atom stereocenters.